The van der Waals surface area contributed by atoms with Gasteiger partial charge in [-0.3, -0.25) is 4.79 Å². The molecule has 0 aliphatic rings. The number of benzene rings is 1. The molecular weight excluding hydrogens is 407 g/mol. The molecule has 0 saturated carbocycles. The molecule has 0 atom stereocenters. The minimum Gasteiger partial charge on any atom is -0.331 e. The lowest BCUT2D eigenvalue weighted by molar-refractivity contribution is 0.0729. The zero-order valence-electron chi connectivity index (χ0n) is 17.0. The fourth-order valence-electron chi connectivity index (χ4n) is 3.26. The van der Waals surface area contributed by atoms with Crippen molar-refractivity contribution in [2.45, 2.75) is 46.7 Å². The third-order valence-electron chi connectivity index (χ3n) is 4.81. The number of nitrogens with zero attached hydrogens (tertiary/aromatic N) is 4. The van der Waals surface area contributed by atoms with Crippen LogP contribution in [-0.4, -0.2) is 31.9 Å². The van der Waals surface area contributed by atoms with Crippen molar-refractivity contribution in [3.8, 4) is 0 Å². The number of amides is 1. The van der Waals surface area contributed by atoms with Gasteiger partial charge in [-0.15, -0.1) is 0 Å². The highest BCUT2D eigenvalue weighted by molar-refractivity contribution is 6.43. The Balaban J connectivity index is 1.97. The molecular formula is C22H26Cl2N4O. The van der Waals surface area contributed by atoms with Gasteiger partial charge in [0.2, 0.25) is 0 Å². The summed E-state index contributed by atoms with van der Waals surface area (Å²) >= 11 is 12.5. The zero-order chi connectivity index (χ0) is 21.0. The van der Waals surface area contributed by atoms with Gasteiger partial charge in [-0.2, -0.15) is 0 Å². The Hall–Kier alpha value is -2.11. The molecule has 0 radical (unpaired) electrons. The van der Waals surface area contributed by atoms with E-state index in [0.717, 1.165) is 36.4 Å². The Morgan fingerprint density at radius 1 is 1.21 bits per heavy atom. The van der Waals surface area contributed by atoms with Crippen LogP contribution in [-0.2, 0) is 13.1 Å². The average molecular weight is 433 g/mol. The molecule has 3 aromatic rings. The molecule has 0 fully saturated rings. The van der Waals surface area contributed by atoms with Gasteiger partial charge in [0.1, 0.15) is 11.3 Å². The number of hydrogen-bond donors (Lipinski definition) is 0. The van der Waals surface area contributed by atoms with Crippen molar-refractivity contribution >= 4 is 40.3 Å². The van der Waals surface area contributed by atoms with Crippen molar-refractivity contribution in [1.29, 1.82) is 0 Å². The first-order chi connectivity index (χ1) is 13.9. The van der Waals surface area contributed by atoms with Gasteiger partial charge >= 0.3 is 0 Å². The van der Waals surface area contributed by atoms with Crippen molar-refractivity contribution in [1.82, 2.24) is 19.4 Å². The van der Waals surface area contributed by atoms with E-state index in [-0.39, 0.29) is 10.9 Å². The Bertz CT molecular complexity index is 1000. The molecule has 3 rings (SSSR count). The molecule has 2 aromatic heterocycles. The Morgan fingerprint density at radius 3 is 2.72 bits per heavy atom. The summed E-state index contributed by atoms with van der Waals surface area (Å²) in [6, 6.07) is 8.98. The molecule has 1 aromatic carbocycles. The van der Waals surface area contributed by atoms with E-state index in [1.54, 1.807) is 24.4 Å². The summed E-state index contributed by atoms with van der Waals surface area (Å²) in [4.78, 5) is 24.4. The van der Waals surface area contributed by atoms with Crippen LogP contribution in [0.1, 0.15) is 49.8 Å². The lowest BCUT2D eigenvalue weighted by Crippen LogP contribution is -2.33. The van der Waals surface area contributed by atoms with Gasteiger partial charge in [-0.05, 0) is 43.0 Å². The molecule has 0 aliphatic carbocycles. The molecule has 0 saturated heterocycles. The molecule has 154 valence electrons. The van der Waals surface area contributed by atoms with Crippen LogP contribution in [0.2, 0.25) is 10.0 Å². The van der Waals surface area contributed by atoms with Gasteiger partial charge in [-0.1, -0.05) is 50.0 Å². The molecule has 7 heteroatoms. The number of carbonyl (C=O) groups excluding carboxylic acids is 1. The quantitative estimate of drug-likeness (QED) is 0.449. The predicted molar refractivity (Wildman–Crippen MR) is 118 cm³/mol. The molecule has 5 nitrogen and oxygen atoms in total. The normalized spacial score (nSPS) is 11.4. The van der Waals surface area contributed by atoms with Crippen LogP contribution >= 0.6 is 23.2 Å². The van der Waals surface area contributed by atoms with E-state index >= 15 is 0 Å². The summed E-state index contributed by atoms with van der Waals surface area (Å²) < 4.78 is 2.10. The van der Waals surface area contributed by atoms with Gasteiger partial charge in [-0.25, -0.2) is 9.97 Å². The molecule has 0 N–H and O–H groups in total. The van der Waals surface area contributed by atoms with Crippen LogP contribution in [0.15, 0.2) is 36.5 Å². The second kappa shape index (κ2) is 9.59. The summed E-state index contributed by atoms with van der Waals surface area (Å²) in [5, 5.41) is 0.668. The third kappa shape index (κ3) is 4.90. The molecule has 1 amide bonds. The summed E-state index contributed by atoms with van der Waals surface area (Å²) in [5.74, 6) is 1.16. The van der Waals surface area contributed by atoms with Crippen LogP contribution in [0.5, 0.6) is 0 Å². The second-order valence-electron chi connectivity index (χ2n) is 7.54. The number of hydrogen-bond acceptors (Lipinski definition) is 3. The molecule has 0 aliphatic heterocycles. The van der Waals surface area contributed by atoms with Gasteiger partial charge in [0.05, 0.1) is 22.2 Å². The Morgan fingerprint density at radius 2 is 2.00 bits per heavy atom. The second-order valence-corrected chi connectivity index (χ2v) is 8.32. The van der Waals surface area contributed by atoms with Gasteiger partial charge < -0.3 is 9.47 Å². The SMILES string of the molecule is CCCn1c(CN(CCC(C)C)C(=O)c2cccc(Cl)c2Cl)nc2cccnc21. The van der Waals surface area contributed by atoms with E-state index in [0.29, 0.717) is 29.6 Å². The predicted octanol–water partition coefficient (Wildman–Crippen LogP) is 5.84. The fraction of sp³-hybridized carbons (Fsp3) is 0.409. The van der Waals surface area contributed by atoms with Crippen LogP contribution in [0, 0.1) is 5.92 Å². The summed E-state index contributed by atoms with van der Waals surface area (Å²) in [7, 11) is 0. The van der Waals surface area contributed by atoms with Crippen molar-refractivity contribution in [2.24, 2.45) is 5.92 Å². The number of pyridine rings is 1. The average Bonchev–Trinajstić information content (AvgIpc) is 3.04. The lowest BCUT2D eigenvalue weighted by Gasteiger charge is -2.24. The molecule has 0 bridgehead atoms. The van der Waals surface area contributed by atoms with Crippen molar-refractivity contribution < 1.29 is 4.79 Å². The first-order valence-electron chi connectivity index (χ1n) is 9.95. The van der Waals surface area contributed by atoms with E-state index in [1.807, 2.05) is 17.0 Å². The largest absolute Gasteiger partial charge is 0.331 e. The minimum atomic E-state index is -0.138. The maximum absolute atomic E-state index is 13.3. The van der Waals surface area contributed by atoms with Crippen molar-refractivity contribution in [3.05, 3.63) is 58.0 Å². The summed E-state index contributed by atoms with van der Waals surface area (Å²) in [6.45, 7) is 8.21. The van der Waals surface area contributed by atoms with Crippen LogP contribution in [0.4, 0.5) is 0 Å². The summed E-state index contributed by atoms with van der Waals surface area (Å²) in [5.41, 5.74) is 2.11. The number of halogens is 2. The van der Waals surface area contributed by atoms with Crippen molar-refractivity contribution in [3.63, 3.8) is 0 Å². The lowest BCUT2D eigenvalue weighted by atomic mass is 10.1. The maximum Gasteiger partial charge on any atom is 0.255 e. The van der Waals surface area contributed by atoms with E-state index in [4.69, 9.17) is 28.2 Å². The summed E-state index contributed by atoms with van der Waals surface area (Å²) in [6.07, 6.45) is 3.61. The number of aryl methyl sites for hydroxylation is 1. The number of aromatic nitrogens is 3. The number of imidazole rings is 1. The zero-order valence-corrected chi connectivity index (χ0v) is 18.5. The number of carbonyl (C=O) groups is 1. The standard InChI is InChI=1S/C22H26Cl2N4O/c1-4-12-28-19(26-18-9-6-11-25-21(18)28)14-27(13-10-15(2)3)22(29)16-7-5-8-17(23)20(16)24/h5-9,11,15H,4,10,12-14H2,1-3H3. The number of fused-ring (bicyclic) bond motifs is 1. The monoisotopic (exact) mass is 432 g/mol. The van der Waals surface area contributed by atoms with Gasteiger partial charge in [0, 0.05) is 19.3 Å². The highest BCUT2D eigenvalue weighted by Crippen LogP contribution is 2.27. The van der Waals surface area contributed by atoms with Crippen LogP contribution < -0.4 is 0 Å². The van der Waals surface area contributed by atoms with E-state index in [1.165, 1.54) is 0 Å². The van der Waals surface area contributed by atoms with E-state index < -0.39 is 0 Å². The van der Waals surface area contributed by atoms with Crippen molar-refractivity contribution in [2.75, 3.05) is 6.54 Å². The highest BCUT2D eigenvalue weighted by Gasteiger charge is 2.23. The highest BCUT2D eigenvalue weighted by atomic mass is 35.5. The third-order valence-corrected chi connectivity index (χ3v) is 5.63. The molecule has 0 unspecified atom stereocenters. The Kier molecular flexibility index (Phi) is 7.14. The Labute approximate surface area is 181 Å². The molecule has 0 spiro atoms. The van der Waals surface area contributed by atoms with Crippen LogP contribution in [0.3, 0.4) is 0 Å². The van der Waals surface area contributed by atoms with E-state index in [9.17, 15) is 4.79 Å². The smallest absolute Gasteiger partial charge is 0.255 e. The maximum atomic E-state index is 13.3. The molecule has 29 heavy (non-hydrogen) atoms. The molecule has 2 heterocycles. The van der Waals surface area contributed by atoms with Gasteiger partial charge in [0.25, 0.3) is 5.91 Å². The minimum absolute atomic E-state index is 0.138. The number of rotatable bonds is 8. The van der Waals surface area contributed by atoms with Crippen LogP contribution in [0.25, 0.3) is 11.2 Å². The fourth-order valence-corrected chi connectivity index (χ4v) is 3.64. The van der Waals surface area contributed by atoms with Gasteiger partial charge in [0.15, 0.2) is 5.65 Å². The first kappa shape index (κ1) is 21.6. The first-order valence-corrected chi connectivity index (χ1v) is 10.7. The van der Waals surface area contributed by atoms with E-state index in [2.05, 4.69) is 30.3 Å². The topological polar surface area (TPSA) is 51.0 Å².